The van der Waals surface area contributed by atoms with Crippen molar-refractivity contribution in [3.05, 3.63) is 24.3 Å². The summed E-state index contributed by atoms with van der Waals surface area (Å²) >= 11 is 0. The molecule has 0 unspecified atom stereocenters. The highest BCUT2D eigenvalue weighted by atomic mass is 32.2. The summed E-state index contributed by atoms with van der Waals surface area (Å²) in [6.45, 7) is 5.36. The maximum absolute atomic E-state index is 12.0. The van der Waals surface area contributed by atoms with Gasteiger partial charge in [0, 0.05) is 19.8 Å². The van der Waals surface area contributed by atoms with Crippen molar-refractivity contribution in [2.75, 3.05) is 33.0 Å². The Labute approximate surface area is 138 Å². The Balaban J connectivity index is 2.46. The van der Waals surface area contributed by atoms with Gasteiger partial charge >= 0.3 is 0 Å². The van der Waals surface area contributed by atoms with Gasteiger partial charge in [-0.3, -0.25) is 4.79 Å². The fourth-order valence-electron chi connectivity index (χ4n) is 2.02. The summed E-state index contributed by atoms with van der Waals surface area (Å²) in [4.78, 5) is 13.9. The van der Waals surface area contributed by atoms with Gasteiger partial charge in [-0.15, -0.1) is 0 Å². The third-order valence-electron chi connectivity index (χ3n) is 3.48. The van der Waals surface area contributed by atoms with E-state index in [0.717, 1.165) is 6.26 Å². The predicted octanol–water partition coefficient (Wildman–Crippen LogP) is 1.30. The topological polar surface area (TPSA) is 89.7 Å². The van der Waals surface area contributed by atoms with Crippen LogP contribution < -0.4 is 10.5 Å². The zero-order valence-corrected chi connectivity index (χ0v) is 15.0. The minimum atomic E-state index is -3.21. The molecule has 1 aromatic rings. The van der Waals surface area contributed by atoms with Gasteiger partial charge in [-0.2, -0.15) is 0 Å². The number of sulfone groups is 1. The van der Waals surface area contributed by atoms with E-state index in [2.05, 4.69) is 0 Å². The minimum absolute atomic E-state index is 0.0146. The summed E-state index contributed by atoms with van der Waals surface area (Å²) in [7, 11) is -1.46. The lowest BCUT2D eigenvalue weighted by Crippen LogP contribution is -2.40. The highest BCUT2D eigenvalue weighted by Gasteiger charge is 2.20. The second-order valence-electron chi connectivity index (χ2n) is 6.46. The number of amides is 1. The maximum atomic E-state index is 12.0. The molecule has 2 N–H and O–H groups in total. The molecule has 1 aromatic carbocycles. The van der Waals surface area contributed by atoms with E-state index in [0.29, 0.717) is 18.8 Å². The van der Waals surface area contributed by atoms with Crippen LogP contribution in [0.15, 0.2) is 29.2 Å². The van der Waals surface area contributed by atoms with E-state index >= 15 is 0 Å². The number of nitrogens with two attached hydrogens (primary N) is 1. The number of carbonyl (C=O) groups is 1. The summed E-state index contributed by atoms with van der Waals surface area (Å²) in [5.74, 6) is 0.523. The summed E-state index contributed by atoms with van der Waals surface area (Å²) in [6.07, 6.45) is 1.41. The van der Waals surface area contributed by atoms with E-state index in [9.17, 15) is 13.2 Å². The van der Waals surface area contributed by atoms with Crippen molar-refractivity contribution in [3.8, 4) is 5.75 Å². The van der Waals surface area contributed by atoms with Crippen LogP contribution in [0.3, 0.4) is 0 Å². The van der Waals surface area contributed by atoms with Crippen LogP contribution in [0.1, 0.15) is 20.3 Å². The number of benzene rings is 1. The number of hydrogen-bond acceptors (Lipinski definition) is 5. The van der Waals surface area contributed by atoms with Crippen molar-refractivity contribution in [2.24, 2.45) is 11.1 Å². The first-order valence-electron chi connectivity index (χ1n) is 7.42. The van der Waals surface area contributed by atoms with E-state index in [-0.39, 0.29) is 29.2 Å². The third kappa shape index (κ3) is 6.58. The SMILES string of the molecule is CN(CC(C)(C)CN)C(=O)CCOc1ccc(S(C)(=O)=O)cc1. The summed E-state index contributed by atoms with van der Waals surface area (Å²) in [5, 5.41) is 0. The van der Waals surface area contributed by atoms with Crippen molar-refractivity contribution < 1.29 is 17.9 Å². The molecule has 0 heterocycles. The van der Waals surface area contributed by atoms with E-state index in [1.54, 1.807) is 24.1 Å². The quantitative estimate of drug-likeness (QED) is 0.769. The molecule has 0 aliphatic heterocycles. The van der Waals surface area contributed by atoms with Gasteiger partial charge in [-0.1, -0.05) is 13.8 Å². The molecule has 1 rings (SSSR count). The smallest absolute Gasteiger partial charge is 0.225 e. The lowest BCUT2D eigenvalue weighted by atomic mass is 9.93. The van der Waals surface area contributed by atoms with Crippen LogP contribution in [0, 0.1) is 5.41 Å². The van der Waals surface area contributed by atoms with Gasteiger partial charge < -0.3 is 15.4 Å². The van der Waals surface area contributed by atoms with Crippen LogP contribution in [-0.2, 0) is 14.6 Å². The lowest BCUT2D eigenvalue weighted by Gasteiger charge is -2.29. The number of hydrogen-bond donors (Lipinski definition) is 1. The number of nitrogens with zero attached hydrogens (tertiary/aromatic N) is 1. The number of rotatable bonds is 8. The van der Waals surface area contributed by atoms with Crippen LogP contribution in [0.4, 0.5) is 0 Å². The van der Waals surface area contributed by atoms with Crippen LogP contribution in [-0.4, -0.2) is 52.2 Å². The second-order valence-corrected chi connectivity index (χ2v) is 8.48. The van der Waals surface area contributed by atoms with Gasteiger partial charge in [0.25, 0.3) is 0 Å². The monoisotopic (exact) mass is 342 g/mol. The van der Waals surface area contributed by atoms with Gasteiger partial charge in [-0.25, -0.2) is 8.42 Å². The molecule has 0 spiro atoms. The van der Waals surface area contributed by atoms with Gasteiger partial charge in [-0.05, 0) is 36.2 Å². The van der Waals surface area contributed by atoms with Crippen LogP contribution in [0.25, 0.3) is 0 Å². The average molecular weight is 342 g/mol. The molecule has 6 nitrogen and oxygen atoms in total. The van der Waals surface area contributed by atoms with Crippen molar-refractivity contribution >= 4 is 15.7 Å². The molecular weight excluding hydrogens is 316 g/mol. The fourth-order valence-corrected chi connectivity index (χ4v) is 2.66. The van der Waals surface area contributed by atoms with Gasteiger partial charge in [0.15, 0.2) is 9.84 Å². The lowest BCUT2D eigenvalue weighted by molar-refractivity contribution is -0.131. The predicted molar refractivity (Wildman–Crippen MR) is 90.1 cm³/mol. The highest BCUT2D eigenvalue weighted by molar-refractivity contribution is 7.90. The van der Waals surface area contributed by atoms with Gasteiger partial charge in [0.1, 0.15) is 5.75 Å². The van der Waals surface area contributed by atoms with Crippen LogP contribution in [0.2, 0.25) is 0 Å². The molecule has 1 amide bonds. The Morgan fingerprint density at radius 1 is 1.26 bits per heavy atom. The minimum Gasteiger partial charge on any atom is -0.493 e. The summed E-state index contributed by atoms with van der Waals surface area (Å²) in [6, 6.07) is 6.15. The first-order valence-corrected chi connectivity index (χ1v) is 9.31. The fraction of sp³-hybridized carbons (Fsp3) is 0.562. The average Bonchev–Trinajstić information content (AvgIpc) is 2.46. The van der Waals surface area contributed by atoms with E-state index in [4.69, 9.17) is 10.5 Å². The Hall–Kier alpha value is -1.60. The molecule has 130 valence electrons. The van der Waals surface area contributed by atoms with Crippen molar-refractivity contribution in [3.63, 3.8) is 0 Å². The zero-order valence-electron chi connectivity index (χ0n) is 14.2. The Bertz CT molecular complexity index is 624. The maximum Gasteiger partial charge on any atom is 0.225 e. The third-order valence-corrected chi connectivity index (χ3v) is 4.61. The molecule has 0 bridgehead atoms. The molecule has 7 heteroatoms. The molecule has 0 saturated carbocycles. The molecule has 0 atom stereocenters. The molecule has 0 fully saturated rings. The van der Waals surface area contributed by atoms with Gasteiger partial charge in [0.05, 0.1) is 17.9 Å². The number of carbonyl (C=O) groups excluding carboxylic acids is 1. The molecular formula is C16H26N2O4S. The van der Waals surface area contributed by atoms with Crippen LogP contribution in [0.5, 0.6) is 5.75 Å². The first-order chi connectivity index (χ1) is 10.5. The highest BCUT2D eigenvalue weighted by Crippen LogP contribution is 2.17. The van der Waals surface area contributed by atoms with Crippen LogP contribution >= 0.6 is 0 Å². The molecule has 0 aliphatic rings. The second kappa shape index (κ2) is 7.79. The number of ether oxygens (including phenoxy) is 1. The standard InChI is InChI=1S/C16H26N2O4S/c1-16(2,11-17)12-18(3)15(19)9-10-22-13-5-7-14(8-6-13)23(4,20)21/h5-8H,9-12,17H2,1-4H3. The van der Waals surface area contributed by atoms with Gasteiger partial charge in [0.2, 0.25) is 5.91 Å². The van der Waals surface area contributed by atoms with Crippen molar-refractivity contribution in [1.82, 2.24) is 4.90 Å². The molecule has 23 heavy (non-hydrogen) atoms. The van der Waals surface area contributed by atoms with E-state index < -0.39 is 9.84 Å². The zero-order chi connectivity index (χ0) is 17.7. The van der Waals surface area contributed by atoms with Crippen molar-refractivity contribution in [2.45, 2.75) is 25.2 Å². The summed E-state index contributed by atoms with van der Waals surface area (Å²) < 4.78 is 28.2. The molecule has 0 radical (unpaired) electrons. The molecule has 0 aromatic heterocycles. The van der Waals surface area contributed by atoms with E-state index in [1.165, 1.54) is 12.1 Å². The van der Waals surface area contributed by atoms with E-state index in [1.807, 2.05) is 13.8 Å². The normalized spacial score (nSPS) is 12.0. The molecule has 0 saturated heterocycles. The largest absolute Gasteiger partial charge is 0.493 e. The Morgan fingerprint density at radius 2 is 1.83 bits per heavy atom. The first kappa shape index (κ1) is 19.4. The summed E-state index contributed by atoms with van der Waals surface area (Å²) in [5.41, 5.74) is 5.55. The Kier molecular flexibility index (Phi) is 6.58. The Morgan fingerprint density at radius 3 is 2.30 bits per heavy atom. The molecule has 0 aliphatic carbocycles. The van der Waals surface area contributed by atoms with Crippen molar-refractivity contribution in [1.29, 1.82) is 0 Å².